The number of rotatable bonds is 8. The van der Waals surface area contributed by atoms with Gasteiger partial charge in [-0.25, -0.2) is 12.7 Å². The molecule has 0 aromatic heterocycles. The summed E-state index contributed by atoms with van der Waals surface area (Å²) in [5.41, 5.74) is 6.42. The monoisotopic (exact) mass is 518 g/mol. The maximum Gasteiger partial charge on any atom is 0.218 e. The van der Waals surface area contributed by atoms with Crippen LogP contribution in [0.5, 0.6) is 5.75 Å². The van der Waals surface area contributed by atoms with E-state index in [0.717, 1.165) is 5.56 Å². The van der Waals surface area contributed by atoms with Crippen LogP contribution in [0.25, 0.3) is 0 Å². The molecule has 1 aliphatic rings. The van der Waals surface area contributed by atoms with Gasteiger partial charge in [-0.2, -0.15) is 0 Å². The summed E-state index contributed by atoms with van der Waals surface area (Å²) in [6.07, 6.45) is 1.05. The van der Waals surface area contributed by atoms with E-state index in [1.165, 1.54) is 4.31 Å². The van der Waals surface area contributed by atoms with Gasteiger partial charge in [0, 0.05) is 29.9 Å². The van der Waals surface area contributed by atoms with E-state index in [0.29, 0.717) is 39.2 Å². The van der Waals surface area contributed by atoms with E-state index in [1.54, 1.807) is 30.3 Å². The summed E-state index contributed by atoms with van der Waals surface area (Å²) < 4.78 is 33.3. The number of hydrogen-bond donors (Lipinski definition) is 1. The Labute approximate surface area is 203 Å². The maximum atomic E-state index is 12.9. The molecule has 2 aromatic rings. The third-order valence-corrected chi connectivity index (χ3v) is 8.75. The lowest BCUT2D eigenvalue weighted by Gasteiger charge is -2.40. The summed E-state index contributed by atoms with van der Waals surface area (Å²) in [6.45, 7) is 2.70. The number of nitrogens with two attached hydrogens (primary N) is 1. The molecule has 1 saturated heterocycles. The second-order valence-corrected chi connectivity index (χ2v) is 11.4. The molecule has 1 aliphatic heterocycles. The first-order valence-electron chi connectivity index (χ1n) is 10.1. The number of primary amides is 1. The van der Waals surface area contributed by atoms with Gasteiger partial charge >= 0.3 is 0 Å². The Balaban J connectivity index is 1.68. The van der Waals surface area contributed by atoms with Gasteiger partial charge in [-0.05, 0) is 61.2 Å². The molecule has 32 heavy (non-hydrogen) atoms. The van der Waals surface area contributed by atoms with Crippen LogP contribution in [0.1, 0.15) is 30.4 Å². The Bertz CT molecular complexity index is 1100. The highest BCUT2D eigenvalue weighted by Crippen LogP contribution is 2.37. The summed E-state index contributed by atoms with van der Waals surface area (Å²) in [4.78, 5) is 11.8. The van der Waals surface area contributed by atoms with Crippen molar-refractivity contribution in [1.82, 2.24) is 4.31 Å². The molecule has 1 heterocycles. The van der Waals surface area contributed by atoms with Crippen molar-refractivity contribution >= 4 is 50.7 Å². The van der Waals surface area contributed by atoms with Gasteiger partial charge in [-0.1, -0.05) is 40.9 Å². The molecule has 0 aliphatic carbocycles. The molecule has 10 heteroatoms. The Morgan fingerprint density at radius 3 is 2.31 bits per heavy atom. The number of halogens is 3. The summed E-state index contributed by atoms with van der Waals surface area (Å²) in [5.74, 6) is 0.0335. The summed E-state index contributed by atoms with van der Waals surface area (Å²) in [7, 11) is -3.56. The summed E-state index contributed by atoms with van der Waals surface area (Å²) in [6, 6.07) is 10.1. The molecule has 174 valence electrons. The van der Waals surface area contributed by atoms with Gasteiger partial charge in [0.25, 0.3) is 0 Å². The minimum atomic E-state index is -3.56. The lowest BCUT2D eigenvalue weighted by Crippen LogP contribution is -2.47. The molecule has 6 nitrogen and oxygen atoms in total. The number of benzene rings is 2. The van der Waals surface area contributed by atoms with E-state index in [1.807, 2.05) is 13.0 Å². The number of amides is 1. The average Bonchev–Trinajstić information content (AvgIpc) is 2.71. The molecule has 0 atom stereocenters. The predicted octanol–water partition coefficient (Wildman–Crippen LogP) is 4.82. The van der Waals surface area contributed by atoms with Crippen LogP contribution >= 0.6 is 34.8 Å². The number of ether oxygens (including phenoxy) is 1. The Hall–Kier alpha value is -1.51. The van der Waals surface area contributed by atoms with Crippen LogP contribution < -0.4 is 10.5 Å². The molecule has 1 amide bonds. The van der Waals surface area contributed by atoms with E-state index in [-0.39, 0.29) is 31.9 Å². The SMILES string of the molecule is Cc1cc(OCC2(CC(N)=O)CCN(S(=O)(=O)Cc3ccc(Cl)c(Cl)c3)CC2)ccc1Cl. The zero-order valence-corrected chi connectivity index (χ0v) is 20.7. The first-order chi connectivity index (χ1) is 15.0. The van der Waals surface area contributed by atoms with Crippen molar-refractivity contribution in [3.05, 3.63) is 62.6 Å². The van der Waals surface area contributed by atoms with Crippen molar-refractivity contribution in [2.45, 2.75) is 31.9 Å². The molecule has 0 bridgehead atoms. The quantitative estimate of drug-likeness (QED) is 0.541. The number of carbonyl (C=O) groups is 1. The number of carbonyl (C=O) groups excluding carboxylic acids is 1. The molecule has 0 saturated carbocycles. The van der Waals surface area contributed by atoms with Crippen LogP contribution in [-0.2, 0) is 20.6 Å². The van der Waals surface area contributed by atoms with Crippen molar-refractivity contribution in [3.8, 4) is 5.75 Å². The highest BCUT2D eigenvalue weighted by molar-refractivity contribution is 7.88. The highest BCUT2D eigenvalue weighted by Gasteiger charge is 2.40. The van der Waals surface area contributed by atoms with Gasteiger partial charge in [0.2, 0.25) is 15.9 Å². The van der Waals surface area contributed by atoms with Crippen molar-refractivity contribution in [3.63, 3.8) is 0 Å². The van der Waals surface area contributed by atoms with Crippen LogP contribution in [0, 0.1) is 12.3 Å². The van der Waals surface area contributed by atoms with Gasteiger partial charge in [0.05, 0.1) is 22.4 Å². The van der Waals surface area contributed by atoms with Crippen molar-refractivity contribution in [1.29, 1.82) is 0 Å². The molecule has 0 spiro atoms. The van der Waals surface area contributed by atoms with Crippen LogP contribution in [-0.4, -0.2) is 38.3 Å². The fourth-order valence-corrected chi connectivity index (χ4v) is 5.82. The second-order valence-electron chi connectivity index (χ2n) is 8.25. The predicted molar refractivity (Wildman–Crippen MR) is 128 cm³/mol. The molecule has 3 rings (SSSR count). The first kappa shape index (κ1) is 25.1. The number of nitrogens with zero attached hydrogens (tertiary/aromatic N) is 1. The lowest BCUT2D eigenvalue weighted by molar-refractivity contribution is -0.121. The van der Waals surface area contributed by atoms with E-state index >= 15 is 0 Å². The van der Waals surface area contributed by atoms with Crippen LogP contribution in [0.15, 0.2) is 36.4 Å². The van der Waals surface area contributed by atoms with Gasteiger partial charge in [0.1, 0.15) is 5.75 Å². The largest absolute Gasteiger partial charge is 0.493 e. The lowest BCUT2D eigenvalue weighted by atomic mass is 9.76. The highest BCUT2D eigenvalue weighted by atomic mass is 35.5. The number of piperidine rings is 1. The molecule has 1 fully saturated rings. The normalized spacial score (nSPS) is 16.6. The standard InChI is InChI=1S/C22H25Cl3N2O4S/c1-15-10-17(3-5-18(15)23)31-14-22(12-21(26)28)6-8-27(9-7-22)32(29,30)13-16-2-4-19(24)20(25)11-16/h2-5,10-11H,6-9,12-14H2,1H3,(H2,26,28). The van der Waals surface area contributed by atoms with Crippen LogP contribution in [0.3, 0.4) is 0 Å². The first-order valence-corrected chi connectivity index (χ1v) is 12.8. The van der Waals surface area contributed by atoms with Crippen molar-refractivity contribution in [2.24, 2.45) is 11.1 Å². The Kier molecular flexibility index (Phi) is 7.99. The van der Waals surface area contributed by atoms with Crippen molar-refractivity contribution < 1.29 is 17.9 Å². The molecule has 0 radical (unpaired) electrons. The molecule has 0 unspecified atom stereocenters. The second kappa shape index (κ2) is 10.2. The fraction of sp³-hybridized carbons (Fsp3) is 0.409. The zero-order valence-electron chi connectivity index (χ0n) is 17.6. The van der Waals surface area contributed by atoms with E-state index in [9.17, 15) is 13.2 Å². The van der Waals surface area contributed by atoms with Gasteiger partial charge < -0.3 is 10.5 Å². The van der Waals surface area contributed by atoms with Crippen LogP contribution in [0.2, 0.25) is 15.1 Å². The molecule has 2 aromatic carbocycles. The molecular weight excluding hydrogens is 495 g/mol. The maximum absolute atomic E-state index is 12.9. The number of sulfonamides is 1. The van der Waals surface area contributed by atoms with E-state index in [2.05, 4.69) is 0 Å². The third-order valence-electron chi connectivity index (χ3n) is 5.73. The minimum Gasteiger partial charge on any atom is -0.493 e. The smallest absolute Gasteiger partial charge is 0.218 e. The Morgan fingerprint density at radius 2 is 1.72 bits per heavy atom. The topological polar surface area (TPSA) is 89.7 Å². The zero-order chi connectivity index (χ0) is 23.5. The summed E-state index contributed by atoms with van der Waals surface area (Å²) in [5, 5.41) is 1.33. The van der Waals surface area contributed by atoms with Gasteiger partial charge in [-0.3, -0.25) is 4.79 Å². The van der Waals surface area contributed by atoms with E-state index in [4.69, 9.17) is 45.3 Å². The molecule has 2 N–H and O–H groups in total. The number of aryl methyl sites for hydroxylation is 1. The van der Waals surface area contributed by atoms with Crippen LogP contribution in [0.4, 0.5) is 0 Å². The number of hydrogen-bond acceptors (Lipinski definition) is 4. The third kappa shape index (κ3) is 6.29. The van der Waals surface area contributed by atoms with Gasteiger partial charge in [-0.15, -0.1) is 0 Å². The average molecular weight is 520 g/mol. The minimum absolute atomic E-state index is 0.125. The van der Waals surface area contributed by atoms with Gasteiger partial charge in [0.15, 0.2) is 0 Å². The van der Waals surface area contributed by atoms with Crippen molar-refractivity contribution in [2.75, 3.05) is 19.7 Å². The fourth-order valence-electron chi connectivity index (χ4n) is 3.86. The Morgan fingerprint density at radius 1 is 1.06 bits per heavy atom. The molecular formula is C22H25Cl3N2O4S. The van der Waals surface area contributed by atoms with E-state index < -0.39 is 21.3 Å². The summed E-state index contributed by atoms with van der Waals surface area (Å²) >= 11 is 18.0.